The molecule has 1 atom stereocenters. The molecule has 1 aliphatic rings. The third-order valence-electron chi connectivity index (χ3n) is 1.62. The third-order valence-corrected chi connectivity index (χ3v) is 2.20. The maximum Gasteiger partial charge on any atom is 0.197 e. The first-order valence-electron chi connectivity index (χ1n) is 3.53. The van der Waals surface area contributed by atoms with Gasteiger partial charge in [-0.3, -0.25) is 0 Å². The van der Waals surface area contributed by atoms with Crippen LogP contribution in [0.3, 0.4) is 0 Å². The van der Waals surface area contributed by atoms with E-state index >= 15 is 0 Å². The van der Waals surface area contributed by atoms with Crippen LogP contribution < -0.4 is 5.32 Å². The molecule has 0 radical (unpaired) electrons. The summed E-state index contributed by atoms with van der Waals surface area (Å²) in [6, 6.07) is 0. The molecule has 62 valence electrons. The zero-order valence-corrected chi connectivity index (χ0v) is 7.01. The van der Waals surface area contributed by atoms with E-state index in [9.17, 15) is 4.39 Å². The van der Waals surface area contributed by atoms with Crippen LogP contribution in [0.4, 0.5) is 4.39 Å². The van der Waals surface area contributed by atoms with Gasteiger partial charge in [0.15, 0.2) is 6.30 Å². The van der Waals surface area contributed by atoms with Crippen molar-refractivity contribution in [2.45, 2.75) is 6.30 Å². The Bertz CT molecular complexity index is 316. The highest BCUT2D eigenvalue weighted by Crippen LogP contribution is 2.21. The SMILES string of the molecule is FC1NC=CC=C1c1cscn1. The second-order valence-corrected chi connectivity index (χ2v) is 3.10. The van der Waals surface area contributed by atoms with Gasteiger partial charge in [-0.25, -0.2) is 9.37 Å². The molecule has 1 aromatic rings. The van der Waals surface area contributed by atoms with Gasteiger partial charge in [0.2, 0.25) is 0 Å². The van der Waals surface area contributed by atoms with E-state index in [0.717, 1.165) is 0 Å². The fourth-order valence-corrected chi connectivity index (χ4v) is 1.60. The van der Waals surface area contributed by atoms with E-state index in [1.807, 2.05) is 5.38 Å². The van der Waals surface area contributed by atoms with Crippen LogP contribution in [-0.2, 0) is 0 Å². The predicted octanol–water partition coefficient (Wildman–Crippen LogP) is 1.94. The largest absolute Gasteiger partial charge is 0.358 e. The molecule has 4 heteroatoms. The average Bonchev–Trinajstić information content (AvgIpc) is 2.57. The molecule has 0 fully saturated rings. The molecule has 0 saturated heterocycles. The first kappa shape index (κ1) is 7.49. The summed E-state index contributed by atoms with van der Waals surface area (Å²) in [6.45, 7) is 0. The van der Waals surface area contributed by atoms with Gasteiger partial charge in [0.05, 0.1) is 11.2 Å². The number of alkyl halides is 1. The average molecular weight is 182 g/mol. The van der Waals surface area contributed by atoms with Crippen LogP contribution in [0.25, 0.3) is 5.57 Å². The van der Waals surface area contributed by atoms with Gasteiger partial charge in [0.25, 0.3) is 0 Å². The van der Waals surface area contributed by atoms with Gasteiger partial charge < -0.3 is 5.32 Å². The Morgan fingerprint density at radius 1 is 1.58 bits per heavy atom. The van der Waals surface area contributed by atoms with E-state index in [1.165, 1.54) is 11.3 Å². The number of dihydropyridines is 1. The number of nitrogens with one attached hydrogen (secondary N) is 1. The lowest BCUT2D eigenvalue weighted by Gasteiger charge is -2.13. The van der Waals surface area contributed by atoms with Crippen molar-refractivity contribution in [2.75, 3.05) is 0 Å². The van der Waals surface area contributed by atoms with Crippen LogP contribution in [0.2, 0.25) is 0 Å². The van der Waals surface area contributed by atoms with Crippen molar-refractivity contribution >= 4 is 16.9 Å². The second-order valence-electron chi connectivity index (χ2n) is 2.38. The van der Waals surface area contributed by atoms with Crippen LogP contribution in [0.5, 0.6) is 0 Å². The topological polar surface area (TPSA) is 24.9 Å². The third kappa shape index (κ3) is 1.25. The van der Waals surface area contributed by atoms with E-state index < -0.39 is 6.30 Å². The quantitative estimate of drug-likeness (QED) is 0.671. The molecule has 1 aliphatic heterocycles. The van der Waals surface area contributed by atoms with E-state index in [-0.39, 0.29) is 0 Å². The Kier molecular flexibility index (Phi) is 1.91. The van der Waals surface area contributed by atoms with Gasteiger partial charge in [-0.15, -0.1) is 11.3 Å². The number of thiazole rings is 1. The van der Waals surface area contributed by atoms with E-state index in [0.29, 0.717) is 11.3 Å². The van der Waals surface area contributed by atoms with E-state index in [1.54, 1.807) is 23.9 Å². The molecule has 2 nitrogen and oxygen atoms in total. The Balaban J connectivity index is 2.34. The molecule has 1 unspecified atom stereocenters. The van der Waals surface area contributed by atoms with Gasteiger partial charge in [0.1, 0.15) is 0 Å². The van der Waals surface area contributed by atoms with Crippen molar-refractivity contribution in [1.82, 2.24) is 10.3 Å². The number of rotatable bonds is 1. The summed E-state index contributed by atoms with van der Waals surface area (Å²) >= 11 is 1.46. The highest BCUT2D eigenvalue weighted by atomic mass is 32.1. The number of hydrogen-bond acceptors (Lipinski definition) is 3. The summed E-state index contributed by atoms with van der Waals surface area (Å²) < 4.78 is 13.1. The van der Waals surface area contributed by atoms with Crippen LogP contribution >= 0.6 is 11.3 Å². The highest BCUT2D eigenvalue weighted by molar-refractivity contribution is 7.07. The molecule has 0 bridgehead atoms. The molecule has 0 aromatic carbocycles. The lowest BCUT2D eigenvalue weighted by molar-refractivity contribution is 0.376. The van der Waals surface area contributed by atoms with Gasteiger partial charge in [-0.1, -0.05) is 6.08 Å². The molecule has 1 N–H and O–H groups in total. The minimum Gasteiger partial charge on any atom is -0.358 e. The predicted molar refractivity (Wildman–Crippen MR) is 47.3 cm³/mol. The molecule has 0 amide bonds. The summed E-state index contributed by atoms with van der Waals surface area (Å²) in [7, 11) is 0. The normalized spacial score (nSPS) is 21.8. The number of nitrogens with zero attached hydrogens (tertiary/aromatic N) is 1. The van der Waals surface area contributed by atoms with E-state index in [2.05, 4.69) is 10.3 Å². The lowest BCUT2D eigenvalue weighted by atomic mass is 10.1. The van der Waals surface area contributed by atoms with Crippen molar-refractivity contribution in [3.8, 4) is 0 Å². The van der Waals surface area contributed by atoms with Crippen molar-refractivity contribution in [3.05, 3.63) is 34.9 Å². The van der Waals surface area contributed by atoms with Crippen LogP contribution in [0, 0.1) is 0 Å². The highest BCUT2D eigenvalue weighted by Gasteiger charge is 2.15. The molecule has 2 rings (SSSR count). The monoisotopic (exact) mass is 182 g/mol. The fourth-order valence-electron chi connectivity index (χ4n) is 1.04. The van der Waals surface area contributed by atoms with Crippen LogP contribution in [0.15, 0.2) is 29.2 Å². The molecule has 1 aromatic heterocycles. The smallest absolute Gasteiger partial charge is 0.197 e. The summed E-state index contributed by atoms with van der Waals surface area (Å²) in [4.78, 5) is 4.03. The minimum atomic E-state index is -1.13. The zero-order valence-electron chi connectivity index (χ0n) is 6.20. The minimum absolute atomic E-state index is 0.596. The van der Waals surface area contributed by atoms with E-state index in [4.69, 9.17) is 0 Å². The summed E-state index contributed by atoms with van der Waals surface area (Å²) in [5.41, 5.74) is 3.00. The molecule has 2 heterocycles. The van der Waals surface area contributed by atoms with Crippen molar-refractivity contribution < 1.29 is 4.39 Å². The van der Waals surface area contributed by atoms with Crippen molar-refractivity contribution in [3.63, 3.8) is 0 Å². The molecule has 12 heavy (non-hydrogen) atoms. The maximum absolute atomic E-state index is 13.1. The van der Waals surface area contributed by atoms with Crippen LogP contribution in [0.1, 0.15) is 5.69 Å². The van der Waals surface area contributed by atoms with Crippen molar-refractivity contribution in [2.24, 2.45) is 0 Å². The standard InChI is InChI=1S/C8H7FN2S/c9-8-6(2-1-3-10-8)7-4-12-5-11-7/h1-5,8,10H. The van der Waals surface area contributed by atoms with Gasteiger partial charge >= 0.3 is 0 Å². The number of halogens is 1. The second kappa shape index (κ2) is 3.06. The molecule has 0 spiro atoms. The first-order chi connectivity index (χ1) is 5.88. The molecule has 0 saturated carbocycles. The Hall–Kier alpha value is -1.16. The molecule has 0 aliphatic carbocycles. The number of allylic oxidation sites excluding steroid dienone is 2. The maximum atomic E-state index is 13.1. The Labute approximate surface area is 73.4 Å². The lowest BCUT2D eigenvalue weighted by Crippen LogP contribution is -2.22. The number of aromatic nitrogens is 1. The summed E-state index contributed by atoms with van der Waals surface area (Å²) in [5.74, 6) is 0. The van der Waals surface area contributed by atoms with Crippen molar-refractivity contribution in [1.29, 1.82) is 0 Å². The first-order valence-corrected chi connectivity index (χ1v) is 4.47. The van der Waals surface area contributed by atoms with Gasteiger partial charge in [-0.05, 0) is 12.3 Å². The molecular weight excluding hydrogens is 175 g/mol. The summed E-state index contributed by atoms with van der Waals surface area (Å²) in [5, 5.41) is 4.40. The number of hydrogen-bond donors (Lipinski definition) is 1. The van der Waals surface area contributed by atoms with Crippen LogP contribution in [-0.4, -0.2) is 11.3 Å². The molecular formula is C8H7FN2S. The van der Waals surface area contributed by atoms with Gasteiger partial charge in [-0.2, -0.15) is 0 Å². The van der Waals surface area contributed by atoms with Gasteiger partial charge in [0, 0.05) is 11.0 Å². The Morgan fingerprint density at radius 3 is 3.17 bits per heavy atom. The zero-order chi connectivity index (χ0) is 8.39. The fraction of sp³-hybridized carbons (Fsp3) is 0.125. The summed E-state index contributed by atoms with van der Waals surface area (Å²) in [6.07, 6.45) is 3.96. The Morgan fingerprint density at radius 2 is 2.50 bits per heavy atom.